The molecule has 2 aromatic heterocycles. The number of hydrogen-bond acceptors (Lipinski definition) is 5. The van der Waals surface area contributed by atoms with Crippen LogP contribution in [0.3, 0.4) is 0 Å². The van der Waals surface area contributed by atoms with E-state index >= 15 is 0 Å². The summed E-state index contributed by atoms with van der Waals surface area (Å²) in [5.74, 6) is 0.220. The van der Waals surface area contributed by atoms with Crippen LogP contribution in [0.5, 0.6) is 0 Å². The maximum absolute atomic E-state index is 11.0. The van der Waals surface area contributed by atoms with Gasteiger partial charge in [0.25, 0.3) is 0 Å². The number of aliphatic carboxylic acids is 1. The quantitative estimate of drug-likeness (QED) is 0.822. The predicted octanol–water partition coefficient (Wildman–Crippen LogP) is 0.382. The maximum Gasteiger partial charge on any atom is 0.307 e. The molecule has 0 saturated carbocycles. The molecular formula is C11H11N5O2. The fourth-order valence-electron chi connectivity index (χ4n) is 2.14. The van der Waals surface area contributed by atoms with Crippen molar-refractivity contribution in [3.05, 3.63) is 24.4 Å². The van der Waals surface area contributed by atoms with Crippen molar-refractivity contribution in [1.82, 2.24) is 24.7 Å². The van der Waals surface area contributed by atoms with Crippen molar-refractivity contribution in [2.45, 2.75) is 19.4 Å². The van der Waals surface area contributed by atoms with E-state index in [1.54, 1.807) is 18.6 Å². The minimum absolute atomic E-state index is 0.364. The first-order valence-corrected chi connectivity index (χ1v) is 5.67. The molecule has 3 heterocycles. The first kappa shape index (κ1) is 10.8. The lowest BCUT2D eigenvalue weighted by molar-refractivity contribution is -0.142. The molecular weight excluding hydrogens is 234 g/mol. The predicted molar refractivity (Wildman–Crippen MR) is 60.5 cm³/mol. The number of aromatic nitrogens is 5. The van der Waals surface area contributed by atoms with Crippen LogP contribution in [0.15, 0.2) is 18.6 Å². The highest BCUT2D eigenvalue weighted by Crippen LogP contribution is 2.24. The van der Waals surface area contributed by atoms with Gasteiger partial charge in [-0.15, -0.1) is 10.2 Å². The molecule has 2 aromatic rings. The van der Waals surface area contributed by atoms with Crippen LogP contribution in [0.1, 0.15) is 12.2 Å². The normalized spacial score (nSPS) is 18.3. The van der Waals surface area contributed by atoms with Gasteiger partial charge in [0.2, 0.25) is 0 Å². The van der Waals surface area contributed by atoms with Crippen LogP contribution in [0, 0.1) is 5.92 Å². The van der Waals surface area contributed by atoms with Gasteiger partial charge in [-0.3, -0.25) is 9.78 Å². The van der Waals surface area contributed by atoms with Gasteiger partial charge in [-0.05, 0) is 6.42 Å². The Hall–Kier alpha value is -2.31. The molecule has 18 heavy (non-hydrogen) atoms. The Labute approximate surface area is 103 Å². The summed E-state index contributed by atoms with van der Waals surface area (Å²) >= 11 is 0. The Morgan fingerprint density at radius 3 is 3.00 bits per heavy atom. The average Bonchev–Trinajstić information content (AvgIpc) is 2.82. The van der Waals surface area contributed by atoms with Crippen molar-refractivity contribution in [2.24, 2.45) is 5.92 Å². The molecule has 1 aliphatic rings. The SMILES string of the molecule is O=C(O)C1CCn2c(nnc2-c2cnccn2)C1. The second-order valence-corrected chi connectivity index (χ2v) is 4.21. The minimum Gasteiger partial charge on any atom is -0.481 e. The Bertz CT molecular complexity index is 580. The summed E-state index contributed by atoms with van der Waals surface area (Å²) in [5, 5.41) is 17.1. The highest BCUT2D eigenvalue weighted by molar-refractivity contribution is 5.70. The van der Waals surface area contributed by atoms with Crippen LogP contribution in [-0.2, 0) is 17.8 Å². The minimum atomic E-state index is -0.773. The molecule has 0 bridgehead atoms. The maximum atomic E-state index is 11.0. The summed E-state index contributed by atoms with van der Waals surface area (Å²) in [6.45, 7) is 0.602. The standard InChI is InChI=1S/C11H11N5O2/c17-11(18)7-1-4-16-9(5-7)14-15-10(16)8-6-12-2-3-13-8/h2-3,6-7H,1,4-5H2,(H,17,18). The van der Waals surface area contributed by atoms with E-state index in [1.165, 1.54) is 0 Å². The molecule has 1 atom stereocenters. The average molecular weight is 245 g/mol. The van der Waals surface area contributed by atoms with E-state index in [9.17, 15) is 4.79 Å². The number of rotatable bonds is 2. The second-order valence-electron chi connectivity index (χ2n) is 4.21. The van der Waals surface area contributed by atoms with Crippen LogP contribution in [0.4, 0.5) is 0 Å². The van der Waals surface area contributed by atoms with Crippen LogP contribution >= 0.6 is 0 Å². The largest absolute Gasteiger partial charge is 0.481 e. The fourth-order valence-corrected chi connectivity index (χ4v) is 2.14. The zero-order valence-electron chi connectivity index (χ0n) is 9.52. The van der Waals surface area contributed by atoms with E-state index in [-0.39, 0.29) is 5.92 Å². The van der Waals surface area contributed by atoms with Crippen molar-refractivity contribution >= 4 is 5.97 Å². The van der Waals surface area contributed by atoms with Gasteiger partial charge in [0.1, 0.15) is 11.5 Å². The number of carbonyl (C=O) groups is 1. The summed E-state index contributed by atoms with van der Waals surface area (Å²) in [6.07, 6.45) is 5.83. The van der Waals surface area contributed by atoms with Gasteiger partial charge in [0, 0.05) is 25.4 Å². The second kappa shape index (κ2) is 4.17. The summed E-state index contributed by atoms with van der Waals surface area (Å²) in [6, 6.07) is 0. The molecule has 0 fully saturated rings. The van der Waals surface area contributed by atoms with Gasteiger partial charge >= 0.3 is 5.97 Å². The molecule has 3 rings (SSSR count). The third-order valence-corrected chi connectivity index (χ3v) is 3.10. The molecule has 0 aliphatic carbocycles. The lowest BCUT2D eigenvalue weighted by Gasteiger charge is -2.20. The van der Waals surface area contributed by atoms with Crippen molar-refractivity contribution in [2.75, 3.05) is 0 Å². The molecule has 92 valence electrons. The number of carboxylic acids is 1. The van der Waals surface area contributed by atoms with E-state index in [0.717, 1.165) is 0 Å². The molecule has 1 N–H and O–H groups in total. The summed E-state index contributed by atoms with van der Waals surface area (Å²) in [4.78, 5) is 19.1. The highest BCUT2D eigenvalue weighted by Gasteiger charge is 2.28. The third-order valence-electron chi connectivity index (χ3n) is 3.10. The highest BCUT2D eigenvalue weighted by atomic mass is 16.4. The van der Waals surface area contributed by atoms with Gasteiger partial charge in [0.05, 0.1) is 12.1 Å². The smallest absolute Gasteiger partial charge is 0.307 e. The monoisotopic (exact) mass is 245 g/mol. The zero-order chi connectivity index (χ0) is 12.5. The van der Waals surface area contributed by atoms with Crippen molar-refractivity contribution in [3.63, 3.8) is 0 Å². The Balaban J connectivity index is 1.96. The van der Waals surface area contributed by atoms with Crippen LogP contribution in [-0.4, -0.2) is 35.8 Å². The Morgan fingerprint density at radius 2 is 2.28 bits per heavy atom. The van der Waals surface area contributed by atoms with Crippen molar-refractivity contribution in [1.29, 1.82) is 0 Å². The fraction of sp³-hybridized carbons (Fsp3) is 0.364. The number of nitrogens with zero attached hydrogens (tertiary/aromatic N) is 5. The van der Waals surface area contributed by atoms with Gasteiger partial charge in [-0.25, -0.2) is 4.98 Å². The molecule has 1 unspecified atom stereocenters. The molecule has 0 amide bonds. The molecule has 7 heteroatoms. The summed E-state index contributed by atoms with van der Waals surface area (Å²) in [5.41, 5.74) is 0.657. The number of carboxylic acid groups (broad SMARTS) is 1. The van der Waals surface area contributed by atoms with Crippen LogP contribution < -0.4 is 0 Å². The lowest BCUT2D eigenvalue weighted by atomic mass is 9.98. The topological polar surface area (TPSA) is 93.8 Å². The van der Waals surface area contributed by atoms with Gasteiger partial charge < -0.3 is 9.67 Å². The van der Waals surface area contributed by atoms with Gasteiger partial charge in [-0.2, -0.15) is 0 Å². The number of fused-ring (bicyclic) bond motifs is 1. The Morgan fingerprint density at radius 1 is 1.39 bits per heavy atom. The molecule has 0 aromatic carbocycles. The third kappa shape index (κ3) is 1.73. The first-order valence-electron chi connectivity index (χ1n) is 5.67. The first-order chi connectivity index (χ1) is 8.75. The van der Waals surface area contributed by atoms with Crippen molar-refractivity contribution < 1.29 is 9.90 Å². The molecule has 0 spiro atoms. The summed E-state index contributed by atoms with van der Waals surface area (Å²) in [7, 11) is 0. The van der Waals surface area contributed by atoms with Crippen LogP contribution in [0.25, 0.3) is 11.5 Å². The number of hydrogen-bond donors (Lipinski definition) is 1. The van der Waals surface area contributed by atoms with E-state index < -0.39 is 5.97 Å². The van der Waals surface area contributed by atoms with Crippen molar-refractivity contribution in [3.8, 4) is 11.5 Å². The Kier molecular flexibility index (Phi) is 2.51. The van der Waals surface area contributed by atoms with Crippen LogP contribution in [0.2, 0.25) is 0 Å². The summed E-state index contributed by atoms with van der Waals surface area (Å²) < 4.78 is 1.92. The van der Waals surface area contributed by atoms with E-state index in [4.69, 9.17) is 5.11 Å². The molecule has 0 saturated heterocycles. The lowest BCUT2D eigenvalue weighted by Crippen LogP contribution is -2.26. The molecule has 0 radical (unpaired) electrons. The van der Waals surface area contributed by atoms with Gasteiger partial charge in [0.15, 0.2) is 5.82 Å². The molecule has 1 aliphatic heterocycles. The van der Waals surface area contributed by atoms with E-state index in [0.29, 0.717) is 36.7 Å². The molecule has 7 nitrogen and oxygen atoms in total. The van der Waals surface area contributed by atoms with E-state index in [2.05, 4.69) is 20.2 Å². The van der Waals surface area contributed by atoms with Gasteiger partial charge in [-0.1, -0.05) is 0 Å². The van der Waals surface area contributed by atoms with E-state index in [1.807, 2.05) is 4.57 Å². The zero-order valence-corrected chi connectivity index (χ0v) is 9.52.